The first-order valence-corrected chi connectivity index (χ1v) is 5.96. The minimum absolute atomic E-state index is 0.00352. The van der Waals surface area contributed by atoms with Gasteiger partial charge in [-0.2, -0.15) is 0 Å². The summed E-state index contributed by atoms with van der Waals surface area (Å²) in [7, 11) is 0. The van der Waals surface area contributed by atoms with Crippen LogP contribution in [0.5, 0.6) is 0 Å². The number of anilines is 1. The van der Waals surface area contributed by atoms with Gasteiger partial charge < -0.3 is 20.8 Å². The summed E-state index contributed by atoms with van der Waals surface area (Å²) in [6, 6.07) is 0.366. The lowest BCUT2D eigenvalue weighted by Crippen LogP contribution is -2.35. The van der Waals surface area contributed by atoms with E-state index < -0.39 is 0 Å². The minimum atomic E-state index is -0.308. The van der Waals surface area contributed by atoms with Crippen molar-refractivity contribution in [2.24, 2.45) is 5.73 Å². The first kappa shape index (κ1) is 14.4. The van der Waals surface area contributed by atoms with Gasteiger partial charge in [0.15, 0.2) is 0 Å². The molecule has 0 saturated heterocycles. The van der Waals surface area contributed by atoms with Crippen LogP contribution in [0.2, 0.25) is 0 Å². The molecule has 0 radical (unpaired) electrons. The summed E-state index contributed by atoms with van der Waals surface area (Å²) in [5.74, 6) is 0.222. The number of carbonyl (C=O) groups is 1. The van der Waals surface area contributed by atoms with Gasteiger partial charge in [-0.25, -0.2) is 0 Å². The molecule has 0 aromatic carbocycles. The van der Waals surface area contributed by atoms with E-state index in [2.05, 4.69) is 41.6 Å². The Kier molecular flexibility index (Phi) is 5.08. The van der Waals surface area contributed by atoms with Crippen LogP contribution in [0.25, 0.3) is 0 Å². The summed E-state index contributed by atoms with van der Waals surface area (Å²) in [4.78, 5) is 10.5. The number of primary amides is 1. The number of aromatic nitrogens is 2. The van der Waals surface area contributed by atoms with Crippen LogP contribution in [0.4, 0.5) is 6.01 Å². The monoisotopic (exact) mass is 255 g/mol. The molecule has 18 heavy (non-hydrogen) atoms. The predicted octanol–water partition coefficient (Wildman–Crippen LogP) is 0.635. The fourth-order valence-electron chi connectivity index (χ4n) is 1.20. The molecular formula is C11H21N5O2. The van der Waals surface area contributed by atoms with Crippen molar-refractivity contribution in [1.82, 2.24) is 15.5 Å². The van der Waals surface area contributed by atoms with Gasteiger partial charge in [0.05, 0.1) is 6.54 Å². The second-order valence-corrected chi connectivity index (χ2v) is 5.10. The fourth-order valence-corrected chi connectivity index (χ4v) is 1.20. The van der Waals surface area contributed by atoms with Crippen molar-refractivity contribution in [3.05, 3.63) is 5.89 Å². The first-order chi connectivity index (χ1) is 8.37. The standard InChI is InChI=1S/C11H21N5O2/c1-11(2,3)14-7-9-15-16-10(18-9)13-6-4-5-8(12)17/h14H,4-7H2,1-3H3,(H2,12,17)(H,13,16). The molecule has 7 heteroatoms. The Hall–Kier alpha value is -1.63. The van der Waals surface area contributed by atoms with E-state index in [1.807, 2.05) is 0 Å². The molecule has 0 fully saturated rings. The van der Waals surface area contributed by atoms with Crippen LogP contribution in [-0.4, -0.2) is 28.2 Å². The second kappa shape index (κ2) is 6.34. The molecule has 0 spiro atoms. The topological polar surface area (TPSA) is 106 Å². The molecule has 1 amide bonds. The Balaban J connectivity index is 2.28. The number of carbonyl (C=O) groups excluding carboxylic acids is 1. The maximum atomic E-state index is 10.5. The Morgan fingerprint density at radius 2 is 2.11 bits per heavy atom. The lowest BCUT2D eigenvalue weighted by atomic mass is 10.1. The van der Waals surface area contributed by atoms with Gasteiger partial charge in [0.2, 0.25) is 11.8 Å². The molecule has 0 atom stereocenters. The molecule has 1 aromatic heterocycles. The van der Waals surface area contributed by atoms with Crippen molar-refractivity contribution in [2.75, 3.05) is 11.9 Å². The van der Waals surface area contributed by atoms with Gasteiger partial charge in [0.25, 0.3) is 0 Å². The molecule has 1 heterocycles. The average Bonchev–Trinajstić information content (AvgIpc) is 2.68. The van der Waals surface area contributed by atoms with Crippen molar-refractivity contribution >= 4 is 11.9 Å². The number of amides is 1. The Bertz CT molecular complexity index is 383. The summed E-state index contributed by atoms with van der Waals surface area (Å²) in [6.07, 6.45) is 0.993. The van der Waals surface area contributed by atoms with E-state index in [1.165, 1.54) is 0 Å². The Morgan fingerprint density at radius 1 is 1.39 bits per heavy atom. The maximum absolute atomic E-state index is 10.5. The third kappa shape index (κ3) is 6.19. The van der Waals surface area contributed by atoms with Crippen molar-refractivity contribution in [2.45, 2.75) is 45.7 Å². The molecule has 0 aliphatic carbocycles. The van der Waals surface area contributed by atoms with E-state index in [9.17, 15) is 4.79 Å². The lowest BCUT2D eigenvalue weighted by molar-refractivity contribution is -0.118. The number of nitrogens with two attached hydrogens (primary N) is 1. The van der Waals surface area contributed by atoms with Crippen molar-refractivity contribution in [1.29, 1.82) is 0 Å². The van der Waals surface area contributed by atoms with Crippen LogP contribution in [0.1, 0.15) is 39.5 Å². The highest BCUT2D eigenvalue weighted by Crippen LogP contribution is 2.07. The summed E-state index contributed by atoms with van der Waals surface area (Å²) >= 11 is 0. The Morgan fingerprint density at radius 3 is 2.72 bits per heavy atom. The zero-order valence-corrected chi connectivity index (χ0v) is 11.1. The average molecular weight is 255 g/mol. The summed E-state index contributed by atoms with van der Waals surface area (Å²) in [6.45, 7) is 7.29. The largest absolute Gasteiger partial charge is 0.407 e. The van der Waals surface area contributed by atoms with Gasteiger partial charge in [-0.05, 0) is 27.2 Å². The number of nitrogens with one attached hydrogen (secondary N) is 2. The highest BCUT2D eigenvalue weighted by atomic mass is 16.4. The number of nitrogens with zero attached hydrogens (tertiary/aromatic N) is 2. The predicted molar refractivity (Wildman–Crippen MR) is 67.8 cm³/mol. The van der Waals surface area contributed by atoms with Crippen LogP contribution in [0.3, 0.4) is 0 Å². The molecule has 4 N–H and O–H groups in total. The van der Waals surface area contributed by atoms with Gasteiger partial charge in [-0.15, -0.1) is 5.10 Å². The van der Waals surface area contributed by atoms with Crippen molar-refractivity contribution < 1.29 is 9.21 Å². The number of hydrogen-bond donors (Lipinski definition) is 3. The molecule has 7 nitrogen and oxygen atoms in total. The quantitative estimate of drug-likeness (QED) is 0.617. The third-order valence-electron chi connectivity index (χ3n) is 2.11. The van der Waals surface area contributed by atoms with E-state index in [0.717, 1.165) is 0 Å². The molecule has 0 bridgehead atoms. The SMILES string of the molecule is CC(C)(C)NCc1nnc(NCCCC(N)=O)o1. The minimum Gasteiger partial charge on any atom is -0.407 e. The van der Waals surface area contributed by atoms with Crippen LogP contribution in [0.15, 0.2) is 4.42 Å². The van der Waals surface area contributed by atoms with Gasteiger partial charge >= 0.3 is 6.01 Å². The molecule has 1 aromatic rings. The van der Waals surface area contributed by atoms with Crippen LogP contribution in [0, 0.1) is 0 Å². The van der Waals surface area contributed by atoms with Gasteiger partial charge in [0.1, 0.15) is 0 Å². The van der Waals surface area contributed by atoms with Gasteiger partial charge in [0, 0.05) is 18.5 Å². The van der Waals surface area contributed by atoms with E-state index in [1.54, 1.807) is 0 Å². The second-order valence-electron chi connectivity index (χ2n) is 5.10. The highest BCUT2D eigenvalue weighted by Gasteiger charge is 2.11. The zero-order valence-electron chi connectivity index (χ0n) is 11.1. The third-order valence-corrected chi connectivity index (χ3v) is 2.11. The molecule has 0 unspecified atom stereocenters. The first-order valence-electron chi connectivity index (χ1n) is 5.96. The molecule has 0 aliphatic rings. The molecular weight excluding hydrogens is 234 g/mol. The van der Waals surface area contributed by atoms with Crippen LogP contribution in [-0.2, 0) is 11.3 Å². The smallest absolute Gasteiger partial charge is 0.315 e. The maximum Gasteiger partial charge on any atom is 0.315 e. The molecule has 0 saturated carbocycles. The van der Waals surface area contributed by atoms with Crippen molar-refractivity contribution in [3.8, 4) is 0 Å². The number of hydrogen-bond acceptors (Lipinski definition) is 6. The van der Waals surface area contributed by atoms with Gasteiger partial charge in [-0.3, -0.25) is 4.79 Å². The summed E-state index contributed by atoms with van der Waals surface area (Å²) < 4.78 is 5.37. The van der Waals surface area contributed by atoms with Crippen molar-refractivity contribution in [3.63, 3.8) is 0 Å². The zero-order chi connectivity index (χ0) is 13.6. The molecule has 0 aliphatic heterocycles. The molecule has 102 valence electrons. The van der Waals surface area contributed by atoms with Gasteiger partial charge in [-0.1, -0.05) is 5.10 Å². The lowest BCUT2D eigenvalue weighted by Gasteiger charge is -2.18. The number of rotatable bonds is 7. The molecule has 1 rings (SSSR count). The Labute approximate surface area is 107 Å². The van der Waals surface area contributed by atoms with Crippen LogP contribution < -0.4 is 16.4 Å². The fraction of sp³-hybridized carbons (Fsp3) is 0.727. The summed E-state index contributed by atoms with van der Waals surface area (Å²) in [5.41, 5.74) is 5.03. The highest BCUT2D eigenvalue weighted by molar-refractivity contribution is 5.73. The normalized spacial score (nSPS) is 11.5. The van der Waals surface area contributed by atoms with E-state index in [4.69, 9.17) is 10.2 Å². The van der Waals surface area contributed by atoms with Crippen LogP contribution >= 0.6 is 0 Å². The summed E-state index contributed by atoms with van der Waals surface area (Å²) in [5, 5.41) is 13.9. The van der Waals surface area contributed by atoms with E-state index in [-0.39, 0.29) is 11.4 Å². The van der Waals surface area contributed by atoms with E-state index >= 15 is 0 Å². The van der Waals surface area contributed by atoms with E-state index in [0.29, 0.717) is 37.8 Å².